The molecule has 1 aromatic carbocycles. The van der Waals surface area contributed by atoms with Gasteiger partial charge in [-0.25, -0.2) is 4.79 Å². The number of aliphatic carboxylic acids is 1. The van der Waals surface area contributed by atoms with E-state index in [1.807, 2.05) is 0 Å². The van der Waals surface area contributed by atoms with Gasteiger partial charge in [0.25, 0.3) is 0 Å². The van der Waals surface area contributed by atoms with Crippen LogP contribution in [-0.4, -0.2) is 29.2 Å². The molecule has 1 aromatic rings. The number of halogens is 6. The Hall–Kier alpha value is -2.26. The molecule has 0 fully saturated rings. The largest absolute Gasteiger partial charge is 0.480 e. The first-order chi connectivity index (χ1) is 11.3. The summed E-state index contributed by atoms with van der Waals surface area (Å²) in [5, 5.41) is 10.5. The molecule has 140 valence electrons. The van der Waals surface area contributed by atoms with Gasteiger partial charge >= 0.3 is 18.3 Å². The van der Waals surface area contributed by atoms with Gasteiger partial charge in [0, 0.05) is 6.42 Å². The first kappa shape index (κ1) is 20.8. The fourth-order valence-corrected chi connectivity index (χ4v) is 2.10. The normalized spacial score (nSPS) is 14.7. The zero-order chi connectivity index (χ0) is 19.4. The van der Waals surface area contributed by atoms with Gasteiger partial charge < -0.3 is 10.4 Å². The predicted octanol–water partition coefficient (Wildman–Crippen LogP) is 3.72. The molecule has 0 heterocycles. The summed E-state index contributed by atoms with van der Waals surface area (Å²) >= 11 is 0. The van der Waals surface area contributed by atoms with E-state index >= 15 is 0 Å². The van der Waals surface area contributed by atoms with E-state index in [0.717, 1.165) is 18.2 Å². The summed E-state index contributed by atoms with van der Waals surface area (Å²) in [4.78, 5) is 22.5. The van der Waals surface area contributed by atoms with Crippen LogP contribution in [0.5, 0.6) is 0 Å². The van der Waals surface area contributed by atoms with Crippen molar-refractivity contribution in [1.29, 1.82) is 0 Å². The Morgan fingerprint density at radius 1 is 1.16 bits per heavy atom. The number of benzene rings is 1. The topological polar surface area (TPSA) is 66.4 Å². The maximum absolute atomic E-state index is 12.7. The van der Waals surface area contributed by atoms with Crippen LogP contribution >= 0.6 is 0 Å². The van der Waals surface area contributed by atoms with Crippen molar-refractivity contribution >= 4 is 11.9 Å². The van der Waals surface area contributed by atoms with Crippen molar-refractivity contribution in [3.8, 4) is 0 Å². The number of nitrogens with one attached hydrogen (secondary N) is 1. The molecule has 0 aliphatic carbocycles. The Bertz CT molecular complexity index is 626. The molecular formula is C15H15F6NO3. The molecule has 0 bridgehead atoms. The van der Waals surface area contributed by atoms with E-state index in [-0.39, 0.29) is 5.56 Å². The first-order valence-electron chi connectivity index (χ1n) is 7.05. The first-order valence-corrected chi connectivity index (χ1v) is 7.05. The lowest BCUT2D eigenvalue weighted by molar-refractivity contribution is -0.160. The van der Waals surface area contributed by atoms with Gasteiger partial charge in [-0.3, -0.25) is 4.79 Å². The van der Waals surface area contributed by atoms with E-state index in [9.17, 15) is 35.9 Å². The molecule has 2 N–H and O–H groups in total. The monoisotopic (exact) mass is 371 g/mol. The van der Waals surface area contributed by atoms with Crippen molar-refractivity contribution in [2.75, 3.05) is 0 Å². The van der Waals surface area contributed by atoms with Gasteiger partial charge in [-0.05, 0) is 17.5 Å². The smallest absolute Gasteiger partial charge is 0.416 e. The fourth-order valence-electron chi connectivity index (χ4n) is 2.10. The number of rotatable bonds is 6. The molecule has 2 unspecified atom stereocenters. The minimum atomic E-state index is -4.79. The van der Waals surface area contributed by atoms with Gasteiger partial charge in [0.1, 0.15) is 6.04 Å². The predicted molar refractivity (Wildman–Crippen MR) is 74.7 cm³/mol. The van der Waals surface area contributed by atoms with Crippen molar-refractivity contribution in [3.63, 3.8) is 0 Å². The van der Waals surface area contributed by atoms with Crippen molar-refractivity contribution < 1.29 is 41.0 Å². The maximum Gasteiger partial charge on any atom is 0.416 e. The van der Waals surface area contributed by atoms with Gasteiger partial charge in [-0.1, -0.05) is 25.1 Å². The van der Waals surface area contributed by atoms with Crippen LogP contribution in [-0.2, 0) is 15.8 Å². The molecule has 0 radical (unpaired) electrons. The van der Waals surface area contributed by atoms with Gasteiger partial charge in [-0.15, -0.1) is 0 Å². The molecule has 0 spiro atoms. The lowest BCUT2D eigenvalue weighted by Gasteiger charge is -2.18. The number of alkyl halides is 6. The fraction of sp³-hybridized carbons (Fsp3) is 0.467. The minimum absolute atomic E-state index is 0.160. The Balaban J connectivity index is 2.77. The average molecular weight is 371 g/mol. The summed E-state index contributed by atoms with van der Waals surface area (Å²) in [7, 11) is 0. The standard InChI is InChI=1S/C15H15F6NO3/c1-8(9-3-2-4-10(6-9)15(19,20)21)5-12(23)22-11(13(24)25)7-14(16,17)18/h2-4,6,8,11H,5,7H2,1H3,(H,22,23)(H,24,25). The third-order valence-electron chi connectivity index (χ3n) is 3.34. The Morgan fingerprint density at radius 3 is 2.24 bits per heavy atom. The van der Waals surface area contributed by atoms with Gasteiger partial charge in [0.2, 0.25) is 5.91 Å². The van der Waals surface area contributed by atoms with Crippen LogP contribution in [0.15, 0.2) is 24.3 Å². The number of amides is 1. The Labute approximate surface area is 138 Å². The second-order valence-corrected chi connectivity index (χ2v) is 5.51. The molecule has 0 saturated heterocycles. The van der Waals surface area contributed by atoms with Crippen LogP contribution in [0, 0.1) is 0 Å². The van der Waals surface area contributed by atoms with E-state index in [1.165, 1.54) is 13.0 Å². The average Bonchev–Trinajstić information content (AvgIpc) is 2.44. The molecular weight excluding hydrogens is 356 g/mol. The SMILES string of the molecule is CC(CC(=O)NC(CC(F)(F)F)C(=O)O)c1cccc(C(F)(F)F)c1. The van der Waals surface area contributed by atoms with Gasteiger partial charge in [0.05, 0.1) is 12.0 Å². The summed E-state index contributed by atoms with van der Waals surface area (Å²) in [5.74, 6) is -3.60. The maximum atomic E-state index is 12.7. The highest BCUT2D eigenvalue weighted by Crippen LogP contribution is 2.31. The van der Waals surface area contributed by atoms with E-state index in [4.69, 9.17) is 5.11 Å². The zero-order valence-electron chi connectivity index (χ0n) is 12.9. The molecule has 0 aliphatic heterocycles. The van der Waals surface area contributed by atoms with E-state index in [1.54, 1.807) is 5.32 Å². The Morgan fingerprint density at radius 2 is 1.76 bits per heavy atom. The number of hydrogen-bond donors (Lipinski definition) is 2. The molecule has 25 heavy (non-hydrogen) atoms. The molecule has 1 amide bonds. The second kappa shape index (κ2) is 7.75. The second-order valence-electron chi connectivity index (χ2n) is 5.51. The lowest BCUT2D eigenvalue weighted by Crippen LogP contribution is -2.43. The summed E-state index contributed by atoms with van der Waals surface area (Å²) in [6, 6.07) is 2.03. The summed E-state index contributed by atoms with van der Waals surface area (Å²) < 4.78 is 74.8. The molecule has 4 nitrogen and oxygen atoms in total. The van der Waals surface area contributed by atoms with E-state index < -0.39 is 54.6 Å². The number of hydrogen-bond acceptors (Lipinski definition) is 2. The molecule has 2 atom stereocenters. The van der Waals surface area contributed by atoms with Crippen LogP contribution in [0.2, 0.25) is 0 Å². The molecule has 0 saturated carbocycles. The van der Waals surface area contributed by atoms with Crippen LogP contribution in [0.4, 0.5) is 26.3 Å². The molecule has 0 aliphatic rings. The summed E-state index contributed by atoms with van der Waals surface area (Å²) in [5.41, 5.74) is -0.759. The number of carboxylic acid groups (broad SMARTS) is 1. The van der Waals surface area contributed by atoms with Crippen molar-refractivity contribution in [3.05, 3.63) is 35.4 Å². The summed E-state index contributed by atoms with van der Waals surface area (Å²) in [6.07, 6.45) is -11.6. The van der Waals surface area contributed by atoms with Gasteiger partial charge in [0.15, 0.2) is 0 Å². The van der Waals surface area contributed by atoms with E-state index in [0.29, 0.717) is 0 Å². The zero-order valence-corrected chi connectivity index (χ0v) is 12.9. The van der Waals surface area contributed by atoms with Crippen LogP contribution in [0.3, 0.4) is 0 Å². The number of carbonyl (C=O) groups excluding carboxylic acids is 1. The highest BCUT2D eigenvalue weighted by Gasteiger charge is 2.36. The Kier molecular flexibility index (Phi) is 6.44. The highest BCUT2D eigenvalue weighted by molar-refractivity contribution is 5.84. The van der Waals surface area contributed by atoms with Crippen LogP contribution in [0.1, 0.15) is 36.8 Å². The molecule has 1 rings (SSSR count). The van der Waals surface area contributed by atoms with Crippen LogP contribution in [0.25, 0.3) is 0 Å². The number of carboxylic acids is 1. The quantitative estimate of drug-likeness (QED) is 0.749. The van der Waals surface area contributed by atoms with Gasteiger partial charge in [-0.2, -0.15) is 26.3 Å². The number of carbonyl (C=O) groups is 2. The minimum Gasteiger partial charge on any atom is -0.480 e. The molecule has 10 heteroatoms. The van der Waals surface area contributed by atoms with Crippen molar-refractivity contribution in [2.24, 2.45) is 0 Å². The summed E-state index contributed by atoms with van der Waals surface area (Å²) in [6.45, 7) is 1.41. The van der Waals surface area contributed by atoms with E-state index in [2.05, 4.69) is 0 Å². The lowest BCUT2D eigenvalue weighted by atomic mass is 9.95. The third kappa shape index (κ3) is 7.02. The van der Waals surface area contributed by atoms with Crippen LogP contribution < -0.4 is 5.32 Å². The highest BCUT2D eigenvalue weighted by atomic mass is 19.4. The molecule has 0 aromatic heterocycles. The third-order valence-corrected chi connectivity index (χ3v) is 3.34. The van der Waals surface area contributed by atoms with Crippen molar-refractivity contribution in [2.45, 2.75) is 44.1 Å². The van der Waals surface area contributed by atoms with Crippen molar-refractivity contribution in [1.82, 2.24) is 5.32 Å².